The Morgan fingerprint density at radius 3 is 2.80 bits per heavy atom. The maximum atomic E-state index is 11.8. The first kappa shape index (κ1) is 10.1. The van der Waals surface area contributed by atoms with E-state index in [2.05, 4.69) is 4.99 Å². The van der Waals surface area contributed by atoms with Crippen molar-refractivity contribution < 1.29 is 4.79 Å². The molecular formula is C13H15NO. The van der Waals surface area contributed by atoms with E-state index in [9.17, 15) is 4.79 Å². The second kappa shape index (κ2) is 3.61. The molecule has 0 N–H and O–H groups in total. The molecule has 0 aliphatic carbocycles. The zero-order valence-corrected chi connectivity index (χ0v) is 9.37. The molecule has 0 amide bonds. The third kappa shape index (κ3) is 1.72. The zero-order chi connectivity index (χ0) is 11.0. The highest BCUT2D eigenvalue weighted by molar-refractivity contribution is 6.05. The van der Waals surface area contributed by atoms with Gasteiger partial charge in [-0.25, -0.2) is 0 Å². The summed E-state index contributed by atoms with van der Waals surface area (Å²) in [6.45, 7) is 6.61. The van der Waals surface area contributed by atoms with Gasteiger partial charge in [0, 0.05) is 22.8 Å². The van der Waals surface area contributed by atoms with Crippen molar-refractivity contribution in [3.63, 3.8) is 0 Å². The fourth-order valence-electron chi connectivity index (χ4n) is 1.83. The van der Waals surface area contributed by atoms with Gasteiger partial charge < -0.3 is 0 Å². The summed E-state index contributed by atoms with van der Waals surface area (Å²) >= 11 is 0. The fraction of sp³-hybridized carbons (Fsp3) is 0.385. The monoisotopic (exact) mass is 201 g/mol. The number of aliphatic imine (C=N–C) groups is 1. The average Bonchev–Trinajstić information content (AvgIpc) is 2.59. The Labute approximate surface area is 90.0 Å². The summed E-state index contributed by atoms with van der Waals surface area (Å²) in [5.41, 5.74) is 4.22. The Bertz CT molecular complexity index is 444. The number of Topliss-reactive ketones (excluding diaryl/α,β-unsaturated/α-hetero) is 1. The largest absolute Gasteiger partial charge is 0.294 e. The predicted octanol–water partition coefficient (Wildman–Crippen LogP) is 2.85. The quantitative estimate of drug-likeness (QED) is 0.676. The van der Waals surface area contributed by atoms with Crippen molar-refractivity contribution in [1.29, 1.82) is 0 Å². The summed E-state index contributed by atoms with van der Waals surface area (Å²) in [7, 11) is 0. The van der Waals surface area contributed by atoms with Crippen molar-refractivity contribution >= 4 is 11.5 Å². The number of carbonyl (C=O) groups excluding carboxylic acids is 1. The second-order valence-corrected chi connectivity index (χ2v) is 4.29. The number of hydrogen-bond acceptors (Lipinski definition) is 2. The first-order valence-electron chi connectivity index (χ1n) is 5.28. The number of rotatable bonds is 2. The molecule has 0 fully saturated rings. The molecule has 0 unspecified atom stereocenters. The van der Waals surface area contributed by atoms with Crippen LogP contribution >= 0.6 is 0 Å². The minimum atomic E-state index is 0.0571. The lowest BCUT2D eigenvalue weighted by molar-refractivity contribution is 0.0939. The van der Waals surface area contributed by atoms with Crippen molar-refractivity contribution in [3.8, 4) is 0 Å². The van der Waals surface area contributed by atoms with E-state index in [1.54, 1.807) is 0 Å². The summed E-state index contributed by atoms with van der Waals surface area (Å²) in [5.74, 6) is 0.263. The first-order chi connectivity index (χ1) is 7.09. The highest BCUT2D eigenvalue weighted by atomic mass is 16.1. The van der Waals surface area contributed by atoms with E-state index in [-0.39, 0.29) is 11.7 Å². The maximum Gasteiger partial charge on any atom is 0.165 e. The van der Waals surface area contributed by atoms with E-state index in [1.165, 1.54) is 5.56 Å². The lowest BCUT2D eigenvalue weighted by atomic mass is 9.96. The molecule has 1 aliphatic heterocycles. The van der Waals surface area contributed by atoms with Crippen molar-refractivity contribution in [2.75, 3.05) is 0 Å². The van der Waals surface area contributed by atoms with Crippen LogP contribution in [0.25, 0.3) is 0 Å². The lowest BCUT2D eigenvalue weighted by Gasteiger charge is -2.06. The van der Waals surface area contributed by atoms with Gasteiger partial charge in [-0.2, -0.15) is 0 Å². The van der Waals surface area contributed by atoms with Gasteiger partial charge in [0.15, 0.2) is 5.78 Å². The maximum absolute atomic E-state index is 11.8. The van der Waals surface area contributed by atoms with Gasteiger partial charge in [0.05, 0.1) is 6.54 Å². The molecule has 1 aromatic rings. The van der Waals surface area contributed by atoms with Crippen molar-refractivity contribution in [3.05, 3.63) is 34.9 Å². The molecular weight excluding hydrogens is 186 g/mol. The van der Waals surface area contributed by atoms with Crippen LogP contribution in [0.4, 0.5) is 0 Å². The van der Waals surface area contributed by atoms with Gasteiger partial charge in [-0.15, -0.1) is 0 Å². The van der Waals surface area contributed by atoms with Gasteiger partial charge in [0.25, 0.3) is 0 Å². The summed E-state index contributed by atoms with van der Waals surface area (Å²) in [6, 6.07) is 5.91. The number of ketones is 1. The Hall–Kier alpha value is -1.44. The van der Waals surface area contributed by atoms with Crippen LogP contribution in [-0.2, 0) is 6.54 Å². The van der Waals surface area contributed by atoms with E-state index in [1.807, 2.05) is 39.0 Å². The Morgan fingerprint density at radius 2 is 2.13 bits per heavy atom. The molecule has 0 saturated carbocycles. The molecule has 2 rings (SSSR count). The van der Waals surface area contributed by atoms with E-state index in [4.69, 9.17) is 0 Å². The Balaban J connectivity index is 2.41. The molecule has 0 aromatic heterocycles. The summed E-state index contributed by atoms with van der Waals surface area (Å²) in [4.78, 5) is 16.2. The van der Waals surface area contributed by atoms with Crippen LogP contribution in [0.2, 0.25) is 0 Å². The van der Waals surface area contributed by atoms with Gasteiger partial charge in [-0.1, -0.05) is 26.0 Å². The van der Waals surface area contributed by atoms with Crippen molar-refractivity contribution in [1.82, 2.24) is 0 Å². The molecule has 0 saturated heterocycles. The molecule has 78 valence electrons. The van der Waals surface area contributed by atoms with E-state index in [0.29, 0.717) is 0 Å². The van der Waals surface area contributed by atoms with Crippen LogP contribution in [-0.4, -0.2) is 11.5 Å². The lowest BCUT2D eigenvalue weighted by Crippen LogP contribution is -2.08. The van der Waals surface area contributed by atoms with Gasteiger partial charge in [0.2, 0.25) is 0 Å². The molecule has 2 heteroatoms. The molecule has 2 nitrogen and oxygen atoms in total. The molecule has 15 heavy (non-hydrogen) atoms. The average molecular weight is 201 g/mol. The third-order valence-electron chi connectivity index (χ3n) is 2.80. The molecule has 1 aliphatic rings. The normalized spacial score (nSPS) is 14.0. The van der Waals surface area contributed by atoms with Gasteiger partial charge in [-0.05, 0) is 18.6 Å². The number of nitrogens with zero attached hydrogens (tertiary/aromatic N) is 1. The molecule has 1 heterocycles. The van der Waals surface area contributed by atoms with Gasteiger partial charge in [-0.3, -0.25) is 9.79 Å². The topological polar surface area (TPSA) is 29.4 Å². The van der Waals surface area contributed by atoms with Crippen molar-refractivity contribution in [2.45, 2.75) is 27.3 Å². The van der Waals surface area contributed by atoms with Gasteiger partial charge >= 0.3 is 0 Å². The standard InChI is InChI=1S/C13H15NO/c1-8(2)13(15)10-4-5-11-7-14-9(3)12(11)6-10/h4-6,8H,7H2,1-3H3. The van der Waals surface area contributed by atoms with Crippen LogP contribution in [0.1, 0.15) is 42.3 Å². The van der Waals surface area contributed by atoms with Gasteiger partial charge in [0.1, 0.15) is 0 Å². The molecule has 0 spiro atoms. The second-order valence-electron chi connectivity index (χ2n) is 4.29. The summed E-state index contributed by atoms with van der Waals surface area (Å²) in [5, 5.41) is 0. The molecule has 0 atom stereocenters. The smallest absolute Gasteiger partial charge is 0.165 e. The van der Waals surface area contributed by atoms with E-state index >= 15 is 0 Å². The minimum absolute atomic E-state index is 0.0571. The highest BCUT2D eigenvalue weighted by Gasteiger charge is 2.16. The van der Waals surface area contributed by atoms with Crippen LogP contribution in [0, 0.1) is 5.92 Å². The van der Waals surface area contributed by atoms with Crippen LogP contribution in [0.15, 0.2) is 23.2 Å². The fourth-order valence-corrected chi connectivity index (χ4v) is 1.83. The molecule has 0 radical (unpaired) electrons. The predicted molar refractivity (Wildman–Crippen MR) is 61.5 cm³/mol. The van der Waals surface area contributed by atoms with Crippen LogP contribution < -0.4 is 0 Å². The summed E-state index contributed by atoms with van der Waals surface area (Å²) < 4.78 is 0. The van der Waals surface area contributed by atoms with Crippen molar-refractivity contribution in [2.24, 2.45) is 10.9 Å². The highest BCUT2D eigenvalue weighted by Crippen LogP contribution is 2.21. The third-order valence-corrected chi connectivity index (χ3v) is 2.80. The minimum Gasteiger partial charge on any atom is -0.294 e. The number of hydrogen-bond donors (Lipinski definition) is 0. The van der Waals surface area contributed by atoms with E-state index in [0.717, 1.165) is 23.4 Å². The zero-order valence-electron chi connectivity index (χ0n) is 9.37. The number of carbonyl (C=O) groups is 1. The molecule has 1 aromatic carbocycles. The summed E-state index contributed by atoms with van der Waals surface area (Å²) in [6.07, 6.45) is 0. The number of benzene rings is 1. The number of fused-ring (bicyclic) bond motifs is 1. The van der Waals surface area contributed by atoms with Crippen LogP contribution in [0.3, 0.4) is 0 Å². The van der Waals surface area contributed by atoms with E-state index < -0.39 is 0 Å². The van der Waals surface area contributed by atoms with Crippen LogP contribution in [0.5, 0.6) is 0 Å². The molecule has 0 bridgehead atoms. The Kier molecular flexibility index (Phi) is 2.43. The Morgan fingerprint density at radius 1 is 1.40 bits per heavy atom. The first-order valence-corrected chi connectivity index (χ1v) is 5.28. The SMILES string of the molecule is CC1=NCc2ccc(C(=O)C(C)C)cc21.